The molecule has 1 atom stereocenters. The molecule has 1 saturated heterocycles. The Kier molecular flexibility index (Phi) is 5.51. The van der Waals surface area contributed by atoms with Gasteiger partial charge < -0.3 is 23.5 Å². The van der Waals surface area contributed by atoms with Gasteiger partial charge in [0, 0.05) is 24.3 Å². The number of methoxy groups -OCH3 is 2. The SMILES string of the molecule is COc1nccnc1OC1CCCN(C(=O)c2cc3cccc(OC)c3oc2=O)C1. The van der Waals surface area contributed by atoms with Crippen molar-refractivity contribution in [2.45, 2.75) is 18.9 Å². The number of para-hydroxylation sites is 1. The van der Waals surface area contributed by atoms with E-state index in [1.54, 1.807) is 29.2 Å². The van der Waals surface area contributed by atoms with E-state index in [-0.39, 0.29) is 23.4 Å². The zero-order valence-corrected chi connectivity index (χ0v) is 16.7. The lowest BCUT2D eigenvalue weighted by molar-refractivity contribution is 0.0515. The maximum absolute atomic E-state index is 13.1. The molecule has 0 bridgehead atoms. The molecule has 1 fully saturated rings. The van der Waals surface area contributed by atoms with Crippen molar-refractivity contribution >= 4 is 16.9 Å². The van der Waals surface area contributed by atoms with Gasteiger partial charge in [0.1, 0.15) is 11.7 Å². The lowest BCUT2D eigenvalue weighted by atomic mass is 10.1. The Hall–Kier alpha value is -3.62. The van der Waals surface area contributed by atoms with Crippen LogP contribution in [0, 0.1) is 0 Å². The summed E-state index contributed by atoms with van der Waals surface area (Å²) in [5.41, 5.74) is -0.403. The fraction of sp³-hybridized carbons (Fsp3) is 0.333. The number of rotatable bonds is 5. The lowest BCUT2D eigenvalue weighted by Gasteiger charge is -2.32. The second kappa shape index (κ2) is 8.40. The first kappa shape index (κ1) is 19.7. The van der Waals surface area contributed by atoms with Crippen LogP contribution in [0.25, 0.3) is 11.0 Å². The fourth-order valence-corrected chi connectivity index (χ4v) is 3.51. The standard InChI is InChI=1S/C21H21N3O6/c1-27-16-7-3-5-13-11-15(21(26)30-17(13)16)20(25)24-10-4-6-14(12-24)29-19-18(28-2)22-8-9-23-19/h3,5,7-9,11,14H,4,6,10,12H2,1-2H3. The van der Waals surface area contributed by atoms with Crippen LogP contribution >= 0.6 is 0 Å². The van der Waals surface area contributed by atoms with E-state index in [9.17, 15) is 9.59 Å². The molecule has 1 unspecified atom stereocenters. The second-order valence-electron chi connectivity index (χ2n) is 6.83. The lowest BCUT2D eigenvalue weighted by Crippen LogP contribution is -2.45. The number of benzene rings is 1. The van der Waals surface area contributed by atoms with E-state index in [4.69, 9.17) is 18.6 Å². The molecule has 0 saturated carbocycles. The Morgan fingerprint density at radius 2 is 1.97 bits per heavy atom. The number of amides is 1. The van der Waals surface area contributed by atoms with Crippen molar-refractivity contribution in [1.82, 2.24) is 14.9 Å². The minimum Gasteiger partial charge on any atom is -0.493 e. The largest absolute Gasteiger partial charge is 0.493 e. The maximum atomic E-state index is 13.1. The molecule has 1 aromatic carbocycles. The number of piperidine rings is 1. The van der Waals surface area contributed by atoms with Gasteiger partial charge in [0.2, 0.25) is 0 Å². The maximum Gasteiger partial charge on any atom is 0.349 e. The van der Waals surface area contributed by atoms with E-state index in [1.165, 1.54) is 26.6 Å². The van der Waals surface area contributed by atoms with Gasteiger partial charge in [-0.1, -0.05) is 12.1 Å². The minimum atomic E-state index is -0.698. The molecule has 9 heteroatoms. The van der Waals surface area contributed by atoms with Gasteiger partial charge in [-0.25, -0.2) is 14.8 Å². The van der Waals surface area contributed by atoms with E-state index in [1.807, 2.05) is 0 Å². The van der Waals surface area contributed by atoms with E-state index in [0.29, 0.717) is 29.8 Å². The van der Waals surface area contributed by atoms with E-state index in [0.717, 1.165) is 12.8 Å². The van der Waals surface area contributed by atoms with E-state index >= 15 is 0 Å². The van der Waals surface area contributed by atoms with Gasteiger partial charge in [-0.3, -0.25) is 4.79 Å². The highest BCUT2D eigenvalue weighted by molar-refractivity contribution is 5.97. The van der Waals surface area contributed by atoms with Crippen LogP contribution in [0.3, 0.4) is 0 Å². The van der Waals surface area contributed by atoms with Crippen molar-refractivity contribution in [3.8, 4) is 17.5 Å². The molecule has 1 amide bonds. The van der Waals surface area contributed by atoms with Crippen molar-refractivity contribution in [3.63, 3.8) is 0 Å². The molecule has 156 valence electrons. The first-order chi connectivity index (χ1) is 14.6. The summed E-state index contributed by atoms with van der Waals surface area (Å²) in [5, 5.41) is 0.617. The summed E-state index contributed by atoms with van der Waals surface area (Å²) < 4.78 is 21.7. The van der Waals surface area contributed by atoms with Crippen molar-refractivity contribution in [3.05, 3.63) is 52.6 Å². The molecule has 0 N–H and O–H groups in total. The molecule has 2 aromatic heterocycles. The van der Waals surface area contributed by atoms with Gasteiger partial charge >= 0.3 is 5.63 Å². The monoisotopic (exact) mass is 411 g/mol. The third-order valence-electron chi connectivity index (χ3n) is 4.94. The van der Waals surface area contributed by atoms with Crippen LogP contribution in [-0.2, 0) is 0 Å². The highest BCUT2D eigenvalue weighted by atomic mass is 16.5. The molecular weight excluding hydrogens is 390 g/mol. The molecule has 30 heavy (non-hydrogen) atoms. The smallest absolute Gasteiger partial charge is 0.349 e. The summed E-state index contributed by atoms with van der Waals surface area (Å²) in [6.07, 6.45) is 4.20. The van der Waals surface area contributed by atoms with Crippen molar-refractivity contribution in [2.24, 2.45) is 0 Å². The number of nitrogens with zero attached hydrogens (tertiary/aromatic N) is 3. The number of aromatic nitrogens is 2. The van der Waals surface area contributed by atoms with Crippen LogP contribution in [0.5, 0.6) is 17.5 Å². The predicted octanol–water partition coefficient (Wildman–Crippen LogP) is 2.28. The van der Waals surface area contributed by atoms with Crippen LogP contribution in [0.1, 0.15) is 23.2 Å². The number of carbonyl (C=O) groups excluding carboxylic acids is 1. The normalized spacial score (nSPS) is 16.3. The Morgan fingerprint density at radius 3 is 2.73 bits per heavy atom. The molecule has 4 rings (SSSR count). The average Bonchev–Trinajstić information content (AvgIpc) is 2.78. The van der Waals surface area contributed by atoms with Crippen molar-refractivity contribution < 1.29 is 23.4 Å². The number of likely N-dealkylation sites (tertiary alicyclic amines) is 1. The van der Waals surface area contributed by atoms with Gasteiger partial charge in [0.25, 0.3) is 17.7 Å². The number of hydrogen-bond donors (Lipinski definition) is 0. The molecule has 9 nitrogen and oxygen atoms in total. The highest BCUT2D eigenvalue weighted by Gasteiger charge is 2.29. The van der Waals surface area contributed by atoms with Crippen LogP contribution in [-0.4, -0.2) is 54.2 Å². The van der Waals surface area contributed by atoms with Gasteiger partial charge in [0.05, 0.1) is 20.8 Å². The molecule has 1 aliphatic rings. The quantitative estimate of drug-likeness (QED) is 0.589. The summed E-state index contributed by atoms with van der Waals surface area (Å²) in [7, 11) is 2.98. The second-order valence-corrected chi connectivity index (χ2v) is 6.83. The zero-order chi connectivity index (χ0) is 21.1. The van der Waals surface area contributed by atoms with E-state index < -0.39 is 11.5 Å². The Balaban J connectivity index is 1.56. The van der Waals surface area contributed by atoms with Crippen LogP contribution in [0.4, 0.5) is 0 Å². The van der Waals surface area contributed by atoms with Crippen molar-refractivity contribution in [1.29, 1.82) is 0 Å². The number of ether oxygens (including phenoxy) is 3. The molecular formula is C21H21N3O6. The van der Waals surface area contributed by atoms with Gasteiger partial charge in [-0.2, -0.15) is 0 Å². The minimum absolute atomic E-state index is 0.0199. The molecule has 0 spiro atoms. The molecule has 1 aliphatic heterocycles. The summed E-state index contributed by atoms with van der Waals surface area (Å²) in [5.74, 6) is 0.600. The van der Waals surface area contributed by atoms with Gasteiger partial charge in [-0.05, 0) is 25.0 Å². The highest BCUT2D eigenvalue weighted by Crippen LogP contribution is 2.26. The summed E-state index contributed by atoms with van der Waals surface area (Å²) in [4.78, 5) is 35.4. The third-order valence-corrected chi connectivity index (χ3v) is 4.94. The summed E-state index contributed by atoms with van der Waals surface area (Å²) >= 11 is 0. The first-order valence-electron chi connectivity index (χ1n) is 9.52. The molecule has 3 heterocycles. The summed E-state index contributed by atoms with van der Waals surface area (Å²) in [6.45, 7) is 0.833. The van der Waals surface area contributed by atoms with Crippen LogP contribution < -0.4 is 19.8 Å². The fourth-order valence-electron chi connectivity index (χ4n) is 3.51. The number of carbonyl (C=O) groups is 1. The third kappa shape index (κ3) is 3.78. The Bertz CT molecular complexity index is 1130. The Labute approximate surface area is 172 Å². The van der Waals surface area contributed by atoms with Gasteiger partial charge in [0.15, 0.2) is 11.3 Å². The van der Waals surface area contributed by atoms with Crippen LogP contribution in [0.2, 0.25) is 0 Å². The predicted molar refractivity (Wildman–Crippen MR) is 107 cm³/mol. The number of fused-ring (bicyclic) bond motifs is 1. The molecule has 0 aliphatic carbocycles. The Morgan fingerprint density at radius 1 is 1.17 bits per heavy atom. The average molecular weight is 411 g/mol. The van der Waals surface area contributed by atoms with E-state index in [2.05, 4.69) is 9.97 Å². The van der Waals surface area contributed by atoms with Gasteiger partial charge in [-0.15, -0.1) is 0 Å². The van der Waals surface area contributed by atoms with Crippen LogP contribution in [0.15, 0.2) is 45.9 Å². The molecule has 3 aromatic rings. The van der Waals surface area contributed by atoms with Crippen molar-refractivity contribution in [2.75, 3.05) is 27.3 Å². The first-order valence-corrected chi connectivity index (χ1v) is 9.52. The summed E-state index contributed by atoms with van der Waals surface area (Å²) in [6, 6.07) is 6.77. The topological polar surface area (TPSA) is 104 Å². The number of hydrogen-bond acceptors (Lipinski definition) is 8. The zero-order valence-electron chi connectivity index (χ0n) is 16.7. The molecule has 0 radical (unpaired) electrons.